The zero-order valence-corrected chi connectivity index (χ0v) is 13.3. The van der Waals surface area contributed by atoms with E-state index in [2.05, 4.69) is 0 Å². The van der Waals surface area contributed by atoms with E-state index >= 15 is 0 Å². The second kappa shape index (κ2) is 6.32. The first-order valence-electron chi connectivity index (χ1n) is 7.62. The normalized spacial score (nSPS) is 14.7. The topological polar surface area (TPSA) is 90.4 Å². The second-order valence-electron chi connectivity index (χ2n) is 5.67. The minimum atomic E-state index is -5.02. The van der Waals surface area contributed by atoms with Crippen LogP contribution in [0.2, 0.25) is 0 Å². The van der Waals surface area contributed by atoms with Gasteiger partial charge < -0.3 is 4.90 Å². The maximum atomic E-state index is 12.7. The Labute approximate surface area is 144 Å². The van der Waals surface area contributed by atoms with E-state index in [1.807, 2.05) is 0 Å². The van der Waals surface area contributed by atoms with Crippen LogP contribution in [-0.2, 0) is 17.8 Å². The number of aromatic nitrogens is 2. The van der Waals surface area contributed by atoms with Gasteiger partial charge in [0.2, 0.25) is 0 Å². The molecule has 26 heavy (non-hydrogen) atoms. The monoisotopic (exact) mass is 370 g/mol. The van der Waals surface area contributed by atoms with Crippen molar-refractivity contribution in [2.75, 3.05) is 13.1 Å². The third-order valence-electron chi connectivity index (χ3n) is 4.13. The molecule has 138 valence electrons. The van der Waals surface area contributed by atoms with Crippen molar-refractivity contribution in [2.45, 2.75) is 19.1 Å². The van der Waals surface area contributed by atoms with Crippen molar-refractivity contribution < 1.29 is 22.9 Å². The van der Waals surface area contributed by atoms with Crippen LogP contribution in [0.1, 0.15) is 5.69 Å². The van der Waals surface area contributed by atoms with Crippen LogP contribution in [0, 0.1) is 10.1 Å². The Hall–Kier alpha value is -3.11. The van der Waals surface area contributed by atoms with E-state index in [9.17, 15) is 32.9 Å². The highest BCUT2D eigenvalue weighted by molar-refractivity contribution is 5.81. The molecule has 0 saturated heterocycles. The Morgan fingerprint density at radius 1 is 1.12 bits per heavy atom. The van der Waals surface area contributed by atoms with Crippen molar-refractivity contribution in [3.05, 3.63) is 56.5 Å². The highest BCUT2D eigenvalue weighted by atomic mass is 19.4. The lowest BCUT2D eigenvalue weighted by molar-refractivity contribution is -0.386. The summed E-state index contributed by atoms with van der Waals surface area (Å²) in [6, 6.07) is 8.07. The number of rotatable bonds is 2. The number of carbonyl (C=O) groups excluding carboxylic acids is 1. The molecule has 0 N–H and O–H groups in total. The molecule has 1 aliphatic heterocycles. The molecule has 0 spiro atoms. The van der Waals surface area contributed by atoms with Gasteiger partial charge in [0.25, 0.3) is 0 Å². The van der Waals surface area contributed by atoms with Gasteiger partial charge in [-0.1, -0.05) is 18.2 Å². The molecule has 0 aliphatic carbocycles. The van der Waals surface area contributed by atoms with Crippen LogP contribution < -0.4 is 5.56 Å². The smallest absolute Gasteiger partial charge is 0.333 e. The van der Waals surface area contributed by atoms with Crippen LogP contribution in [0.25, 0.3) is 5.69 Å². The molecule has 0 unspecified atom stereocenters. The third kappa shape index (κ3) is 2.95. The first-order chi connectivity index (χ1) is 12.2. The van der Waals surface area contributed by atoms with Crippen molar-refractivity contribution in [3.63, 3.8) is 0 Å². The predicted molar refractivity (Wildman–Crippen MR) is 83.0 cm³/mol. The number of amides is 1. The molecule has 0 radical (unpaired) electrons. The molecule has 11 heteroatoms. The molecule has 1 amide bonds. The lowest BCUT2D eigenvalue weighted by Crippen LogP contribution is -2.42. The SMILES string of the molecule is O=C(N1CCc2c([N+](=O)[O-])c(=O)n(-c3ccccc3)n2CC1)C(F)(F)F. The molecule has 0 fully saturated rings. The maximum absolute atomic E-state index is 12.7. The number of nitrogens with zero attached hydrogens (tertiary/aromatic N) is 4. The zero-order valence-electron chi connectivity index (χ0n) is 13.3. The molecular weight excluding hydrogens is 357 g/mol. The highest BCUT2D eigenvalue weighted by Gasteiger charge is 2.43. The van der Waals surface area contributed by atoms with Gasteiger partial charge in [0, 0.05) is 19.5 Å². The number of para-hydroxylation sites is 1. The van der Waals surface area contributed by atoms with Crippen LogP contribution >= 0.6 is 0 Å². The minimum Gasteiger partial charge on any atom is -0.333 e. The molecule has 1 aliphatic rings. The van der Waals surface area contributed by atoms with E-state index in [1.54, 1.807) is 30.3 Å². The van der Waals surface area contributed by atoms with E-state index in [0.29, 0.717) is 10.6 Å². The summed E-state index contributed by atoms with van der Waals surface area (Å²) in [6.45, 7) is -0.851. The van der Waals surface area contributed by atoms with Gasteiger partial charge in [0.15, 0.2) is 0 Å². The Morgan fingerprint density at radius 3 is 2.35 bits per heavy atom. The lowest BCUT2D eigenvalue weighted by Gasteiger charge is -2.21. The molecule has 2 heterocycles. The number of nitro groups is 1. The van der Waals surface area contributed by atoms with Crippen LogP contribution in [0.5, 0.6) is 0 Å². The van der Waals surface area contributed by atoms with Crippen LogP contribution in [0.3, 0.4) is 0 Å². The fraction of sp³-hybridized carbons (Fsp3) is 0.333. The van der Waals surface area contributed by atoms with Gasteiger partial charge in [0.1, 0.15) is 5.69 Å². The molecule has 3 rings (SSSR count). The number of hydrogen-bond acceptors (Lipinski definition) is 4. The highest BCUT2D eigenvalue weighted by Crippen LogP contribution is 2.24. The minimum absolute atomic E-state index is 0.00123. The van der Waals surface area contributed by atoms with E-state index in [-0.39, 0.29) is 31.7 Å². The van der Waals surface area contributed by atoms with Crippen LogP contribution in [-0.4, -0.2) is 44.4 Å². The van der Waals surface area contributed by atoms with Gasteiger partial charge in [-0.2, -0.15) is 13.2 Å². The summed E-state index contributed by atoms with van der Waals surface area (Å²) in [6.07, 6.45) is -5.25. The fourth-order valence-corrected chi connectivity index (χ4v) is 3.02. The maximum Gasteiger partial charge on any atom is 0.471 e. The average molecular weight is 370 g/mol. The first kappa shape index (κ1) is 17.7. The van der Waals surface area contributed by atoms with E-state index < -0.39 is 28.3 Å². The summed E-state index contributed by atoms with van der Waals surface area (Å²) in [4.78, 5) is 35.1. The van der Waals surface area contributed by atoms with E-state index in [4.69, 9.17) is 0 Å². The summed E-state index contributed by atoms with van der Waals surface area (Å²) in [5.74, 6) is -2.00. The molecule has 1 aromatic carbocycles. The number of alkyl halides is 3. The molecule has 8 nitrogen and oxygen atoms in total. The summed E-state index contributed by atoms with van der Waals surface area (Å²) in [7, 11) is 0. The zero-order chi connectivity index (χ0) is 19.1. The van der Waals surface area contributed by atoms with Gasteiger partial charge in [0.05, 0.1) is 17.2 Å². The van der Waals surface area contributed by atoms with Gasteiger partial charge in [-0.15, -0.1) is 0 Å². The number of benzene rings is 1. The molecule has 0 bridgehead atoms. The number of hydrogen-bond donors (Lipinski definition) is 0. The summed E-state index contributed by atoms with van der Waals surface area (Å²) in [5, 5.41) is 11.3. The Kier molecular flexibility index (Phi) is 4.30. The molecule has 0 saturated carbocycles. The Morgan fingerprint density at radius 2 is 1.77 bits per heavy atom. The number of halogens is 3. The summed E-state index contributed by atoms with van der Waals surface area (Å²) >= 11 is 0. The predicted octanol–water partition coefficient (Wildman–Crippen LogP) is 1.49. The fourth-order valence-electron chi connectivity index (χ4n) is 3.02. The molecule has 2 aromatic rings. The number of fused-ring (bicyclic) bond motifs is 1. The molecular formula is C15H13F3N4O4. The van der Waals surface area contributed by atoms with Crippen LogP contribution in [0.4, 0.5) is 18.9 Å². The summed E-state index contributed by atoms with van der Waals surface area (Å²) < 4.78 is 40.4. The largest absolute Gasteiger partial charge is 0.471 e. The molecule has 0 atom stereocenters. The summed E-state index contributed by atoms with van der Waals surface area (Å²) in [5.41, 5.74) is -1.19. The van der Waals surface area contributed by atoms with Crippen molar-refractivity contribution in [2.24, 2.45) is 0 Å². The standard InChI is InChI=1S/C15H13F3N4O4/c16-15(17,18)14(24)19-7-6-11-12(22(25)26)13(23)21(20(11)9-8-19)10-4-2-1-3-5-10/h1-5H,6-9H2. The third-order valence-corrected chi connectivity index (χ3v) is 4.13. The van der Waals surface area contributed by atoms with Crippen molar-refractivity contribution >= 4 is 11.6 Å². The van der Waals surface area contributed by atoms with Gasteiger partial charge >= 0.3 is 23.3 Å². The van der Waals surface area contributed by atoms with Gasteiger partial charge in [-0.3, -0.25) is 24.4 Å². The average Bonchev–Trinajstić information content (AvgIpc) is 2.71. The first-order valence-corrected chi connectivity index (χ1v) is 7.62. The van der Waals surface area contributed by atoms with Crippen LogP contribution in [0.15, 0.2) is 35.1 Å². The number of carbonyl (C=O) groups is 1. The van der Waals surface area contributed by atoms with Crippen molar-refractivity contribution in [1.29, 1.82) is 0 Å². The van der Waals surface area contributed by atoms with Crippen molar-refractivity contribution in [1.82, 2.24) is 14.3 Å². The van der Waals surface area contributed by atoms with Crippen molar-refractivity contribution in [3.8, 4) is 5.69 Å². The quantitative estimate of drug-likeness (QED) is 0.592. The molecule has 1 aromatic heterocycles. The lowest BCUT2D eigenvalue weighted by atomic mass is 10.2. The van der Waals surface area contributed by atoms with Gasteiger partial charge in [-0.25, -0.2) is 4.68 Å². The van der Waals surface area contributed by atoms with E-state index in [1.165, 1.54) is 4.68 Å². The second-order valence-corrected chi connectivity index (χ2v) is 5.67. The Balaban J connectivity index is 2.08. The van der Waals surface area contributed by atoms with Gasteiger partial charge in [-0.05, 0) is 12.1 Å². The Bertz CT molecular complexity index is 917. The van der Waals surface area contributed by atoms with E-state index in [0.717, 1.165) is 4.68 Å².